The van der Waals surface area contributed by atoms with Crippen LogP contribution in [0.3, 0.4) is 0 Å². The van der Waals surface area contributed by atoms with E-state index in [2.05, 4.69) is 271 Å². The minimum Gasteiger partial charge on any atom is -0.455 e. The monoisotopic (exact) mass is 1860 g/mol. The SMILES string of the molecule is c1ccc(-c2cc(-c3ccccc3)cc(-c3ccc4c(c3)n3c5ccccc5nc3n4-c3nc(-c4ccccc4)nc(-c4ccccc4)n3)c2)cc1.c1ccc(-c2nc(-c3ccccc3)nc(-n3c4ccc(-c5cccc6c5oc5ccccc56)cc4n4c5ccccc5nc34)n2)cc1.c1ccc(-c2nc(-c3ccccc3)nc(-n3c4ccc(-c5ccccc5-c5ccccc5)cc4n4c5ccccc5nc34)n2)cc1. The smallest absolute Gasteiger partial charge is 0.241 e. The fourth-order valence-electron chi connectivity index (χ4n) is 20.0. The van der Waals surface area contributed by atoms with Crippen molar-refractivity contribution in [2.45, 2.75) is 0 Å². The molecule has 29 aromatic rings. The molecule has 0 amide bonds. The Morgan fingerprint density at radius 3 is 0.772 bits per heavy atom. The second kappa shape index (κ2) is 35.7. The van der Waals surface area contributed by atoms with Gasteiger partial charge in [-0.25, -0.2) is 43.6 Å². The van der Waals surface area contributed by atoms with E-state index in [1.54, 1.807) is 0 Å². The molecule has 19 nitrogen and oxygen atoms in total. The van der Waals surface area contributed by atoms with Crippen molar-refractivity contribution in [2.75, 3.05) is 0 Å². The van der Waals surface area contributed by atoms with Crippen LogP contribution in [-0.4, -0.2) is 86.7 Å². The van der Waals surface area contributed by atoms with Crippen molar-refractivity contribution in [3.8, 4) is 153 Å². The van der Waals surface area contributed by atoms with E-state index in [4.69, 9.17) is 64.2 Å². The molecule has 0 aliphatic heterocycles. The van der Waals surface area contributed by atoms with Gasteiger partial charge in [-0.15, -0.1) is 0 Å². The highest BCUT2D eigenvalue weighted by molar-refractivity contribution is 6.10. The third-order valence-electron chi connectivity index (χ3n) is 26.8. The van der Waals surface area contributed by atoms with E-state index in [0.717, 1.165) is 167 Å². The zero-order valence-electron chi connectivity index (χ0n) is 77.6. The van der Waals surface area contributed by atoms with Gasteiger partial charge in [0.25, 0.3) is 0 Å². The lowest BCUT2D eigenvalue weighted by atomic mass is 9.93. The van der Waals surface area contributed by atoms with Crippen LogP contribution < -0.4 is 0 Å². The molecule has 0 saturated carbocycles. The average molecular weight is 1860 g/mol. The Balaban J connectivity index is 0.000000108. The number of hydrogen-bond acceptors (Lipinski definition) is 13. The molecule has 19 aromatic carbocycles. The molecular weight excluding hydrogens is 1780 g/mol. The van der Waals surface area contributed by atoms with Crippen molar-refractivity contribution in [3.63, 3.8) is 0 Å². The van der Waals surface area contributed by atoms with Crippen molar-refractivity contribution in [1.82, 2.24) is 86.7 Å². The molecule has 10 aromatic heterocycles. The van der Waals surface area contributed by atoms with Gasteiger partial charge in [-0.2, -0.15) is 29.9 Å². The van der Waals surface area contributed by atoms with Gasteiger partial charge in [0.05, 0.1) is 66.2 Å². The van der Waals surface area contributed by atoms with Gasteiger partial charge < -0.3 is 4.42 Å². The number of furan rings is 1. The molecule has 0 fully saturated rings. The Bertz CT molecular complexity index is 9780. The largest absolute Gasteiger partial charge is 0.455 e. The maximum atomic E-state index is 6.43. The van der Waals surface area contributed by atoms with Crippen molar-refractivity contribution < 1.29 is 4.42 Å². The second-order valence-electron chi connectivity index (χ2n) is 35.6. The summed E-state index contributed by atoms with van der Waals surface area (Å²) in [6.07, 6.45) is 0. The molecule has 0 aliphatic carbocycles. The zero-order valence-corrected chi connectivity index (χ0v) is 77.6. The molecule has 0 saturated heterocycles. The lowest BCUT2D eigenvalue weighted by Gasteiger charge is -2.12. The van der Waals surface area contributed by atoms with E-state index >= 15 is 0 Å². The first-order chi connectivity index (χ1) is 71.9. The number of rotatable bonds is 15. The van der Waals surface area contributed by atoms with E-state index in [0.29, 0.717) is 52.8 Å². The summed E-state index contributed by atoms with van der Waals surface area (Å²) in [5, 5.41) is 2.21. The summed E-state index contributed by atoms with van der Waals surface area (Å²) in [4.78, 5) is 60.6. The number of imidazole rings is 6. The number of nitrogens with zero attached hydrogens (tertiary/aromatic N) is 18. The summed E-state index contributed by atoms with van der Waals surface area (Å²) < 4.78 is 19.2. The minimum atomic E-state index is 0.500. The molecule has 29 rings (SSSR count). The summed E-state index contributed by atoms with van der Waals surface area (Å²) in [6.45, 7) is 0. The van der Waals surface area contributed by atoms with Gasteiger partial charge >= 0.3 is 0 Å². The molecule has 0 unspecified atom stereocenters. The third kappa shape index (κ3) is 15.2. The Kier molecular flexibility index (Phi) is 20.7. The van der Waals surface area contributed by atoms with Gasteiger partial charge in [0.2, 0.25) is 35.2 Å². The van der Waals surface area contributed by atoms with E-state index in [9.17, 15) is 0 Å². The maximum Gasteiger partial charge on any atom is 0.241 e. The van der Waals surface area contributed by atoms with Gasteiger partial charge in [0.1, 0.15) is 11.2 Å². The van der Waals surface area contributed by atoms with Crippen LogP contribution in [0.1, 0.15) is 0 Å². The van der Waals surface area contributed by atoms with Gasteiger partial charge in [0, 0.05) is 49.7 Å². The highest BCUT2D eigenvalue weighted by atomic mass is 16.3. The van der Waals surface area contributed by atoms with E-state index in [1.165, 1.54) is 38.9 Å². The van der Waals surface area contributed by atoms with Crippen LogP contribution in [0.15, 0.2) is 490 Å². The molecule has 0 atom stereocenters. The molecule has 0 bridgehead atoms. The molecule has 145 heavy (non-hydrogen) atoms. The molecule has 0 radical (unpaired) electrons. The number of fused-ring (bicyclic) bond motifs is 18. The predicted molar refractivity (Wildman–Crippen MR) is 581 cm³/mol. The van der Waals surface area contributed by atoms with Crippen LogP contribution in [0.4, 0.5) is 0 Å². The lowest BCUT2D eigenvalue weighted by Crippen LogP contribution is -2.07. The second-order valence-corrected chi connectivity index (χ2v) is 35.6. The maximum absolute atomic E-state index is 6.43. The summed E-state index contributed by atoms with van der Waals surface area (Å²) in [6, 6.07) is 166. The zero-order chi connectivity index (χ0) is 95.8. The van der Waals surface area contributed by atoms with Crippen LogP contribution in [0.5, 0.6) is 0 Å². The Morgan fingerprint density at radius 2 is 0.414 bits per heavy atom. The Labute approximate surface area is 829 Å². The number of hydrogen-bond donors (Lipinski definition) is 0. The van der Waals surface area contributed by atoms with Crippen molar-refractivity contribution in [2.24, 2.45) is 0 Å². The molecule has 19 heteroatoms. The van der Waals surface area contributed by atoms with E-state index in [1.807, 2.05) is 241 Å². The topological polar surface area (TPSA) is 196 Å². The van der Waals surface area contributed by atoms with Gasteiger partial charge in [0.15, 0.2) is 34.9 Å². The predicted octanol–water partition coefficient (Wildman–Crippen LogP) is 29.8. The van der Waals surface area contributed by atoms with Gasteiger partial charge in [-0.05, 0) is 158 Å². The Morgan fingerprint density at radius 1 is 0.152 bits per heavy atom. The van der Waals surface area contributed by atoms with Crippen molar-refractivity contribution >= 4 is 105 Å². The van der Waals surface area contributed by atoms with Crippen LogP contribution in [0, 0.1) is 0 Å². The molecule has 0 aliphatic rings. The lowest BCUT2D eigenvalue weighted by molar-refractivity contribution is 0.670. The van der Waals surface area contributed by atoms with Crippen molar-refractivity contribution in [1.29, 1.82) is 0 Å². The normalized spacial score (nSPS) is 11.6. The van der Waals surface area contributed by atoms with E-state index < -0.39 is 0 Å². The quantitative estimate of drug-likeness (QED) is 0.0941. The first kappa shape index (κ1) is 84.1. The number of aromatic nitrogens is 18. The number of benzene rings is 19. The standard InChI is InChI=1S/C46H30N6.C40H24N6O.C40H26N6/c1-5-15-31(16-6-1)36-27-37(32-17-7-2-8-18-32)29-38(28-36)35-25-26-41-42(30-35)51-40-24-14-13-23-39(40)47-46(51)52(41)45-49-43(33-19-9-3-10-20-33)48-44(50-45)34-21-11-4-12-22-34;1-3-12-25(13-4-1)37-42-38(26-14-5-2-6-15-26)44-39(43-37)46-33-23-22-27(24-34(33)45-32-20-9-8-19-31(32)41-40(45)46)28-17-11-18-30-29-16-7-10-21-35(29)47-36(28)30;1-4-14-27(15-5-1)31-20-10-11-21-32(31)30-24-25-35-36(26-30)45-34-23-13-12-22-33(34)41-40(45)46(35)39-43-37(28-16-6-2-7-17-28)42-38(44-39)29-18-8-3-9-19-29/h1-30H;1-24H;1-26H. The molecule has 680 valence electrons. The van der Waals surface area contributed by atoms with E-state index in [-0.39, 0.29) is 0 Å². The highest BCUT2D eigenvalue weighted by Gasteiger charge is 2.28. The molecule has 0 spiro atoms. The fraction of sp³-hybridized carbons (Fsp3) is 0. The van der Waals surface area contributed by atoms with Crippen LogP contribution >= 0.6 is 0 Å². The van der Waals surface area contributed by atoms with Crippen LogP contribution in [0.2, 0.25) is 0 Å². The summed E-state index contributed by atoms with van der Waals surface area (Å²) >= 11 is 0. The van der Waals surface area contributed by atoms with Crippen molar-refractivity contribution in [3.05, 3.63) is 485 Å². The summed E-state index contributed by atoms with van der Waals surface area (Å²) in [5.41, 5.74) is 32.5. The summed E-state index contributed by atoms with van der Waals surface area (Å²) in [5.74, 6) is 7.33. The average Bonchev–Trinajstić information content (AvgIpc) is 1.56. The Hall–Kier alpha value is -20.2. The minimum absolute atomic E-state index is 0.500. The summed E-state index contributed by atoms with van der Waals surface area (Å²) in [7, 11) is 0. The number of para-hydroxylation sites is 8. The highest BCUT2D eigenvalue weighted by Crippen LogP contribution is 2.44. The first-order valence-electron chi connectivity index (χ1n) is 48.1. The van der Waals surface area contributed by atoms with Crippen LogP contribution in [0.25, 0.3) is 258 Å². The third-order valence-corrected chi connectivity index (χ3v) is 26.8. The fourth-order valence-corrected chi connectivity index (χ4v) is 20.0. The first-order valence-corrected chi connectivity index (χ1v) is 48.1. The van der Waals surface area contributed by atoms with Gasteiger partial charge in [-0.1, -0.05) is 388 Å². The molecular formula is C126H80N18O. The van der Waals surface area contributed by atoms with Gasteiger partial charge in [-0.3, -0.25) is 13.2 Å². The molecule has 10 heterocycles. The van der Waals surface area contributed by atoms with Crippen LogP contribution in [-0.2, 0) is 0 Å². The molecule has 0 N–H and O–H groups in total.